The van der Waals surface area contributed by atoms with E-state index < -0.39 is 11.5 Å². The summed E-state index contributed by atoms with van der Waals surface area (Å²) in [6.45, 7) is 3.16. The van der Waals surface area contributed by atoms with E-state index in [1.54, 1.807) is 19.1 Å². The Kier molecular flexibility index (Phi) is 3.69. The van der Waals surface area contributed by atoms with Crippen molar-refractivity contribution in [3.8, 4) is 5.75 Å². The lowest BCUT2D eigenvalue weighted by Crippen LogP contribution is -2.32. The lowest BCUT2D eigenvalue weighted by atomic mass is 10.1. The minimum atomic E-state index is -0.544. The number of benzene rings is 1. The molecule has 0 fully saturated rings. The molecule has 2 amide bonds. The van der Waals surface area contributed by atoms with Gasteiger partial charge in [-0.25, -0.2) is 4.79 Å². The highest BCUT2D eigenvalue weighted by molar-refractivity contribution is 6.10. The van der Waals surface area contributed by atoms with Crippen LogP contribution in [0, 0.1) is 6.92 Å². The van der Waals surface area contributed by atoms with Crippen LogP contribution in [0.2, 0.25) is 0 Å². The standard InChI is InChI=1S/C16H14N2O5/c1-9-5-16(21)23-13-7-11(3-4-12(9)13)22-8-15(20)18-14(19)6-10(2)17-18/h3-5,7H,6,8H2,1-2H3. The first-order valence-electron chi connectivity index (χ1n) is 7.01. The number of fused-ring (bicyclic) bond motifs is 1. The quantitative estimate of drug-likeness (QED) is 0.803. The molecule has 2 aromatic rings. The number of amides is 2. The van der Waals surface area contributed by atoms with E-state index >= 15 is 0 Å². The van der Waals surface area contributed by atoms with Crippen molar-refractivity contribution in [1.29, 1.82) is 0 Å². The Hall–Kier alpha value is -2.96. The van der Waals surface area contributed by atoms with Gasteiger partial charge in [0, 0.05) is 23.2 Å². The summed E-state index contributed by atoms with van der Waals surface area (Å²) in [4.78, 5) is 34.9. The second-order valence-electron chi connectivity index (χ2n) is 5.31. The van der Waals surface area contributed by atoms with Gasteiger partial charge in [0.1, 0.15) is 11.3 Å². The van der Waals surface area contributed by atoms with Gasteiger partial charge in [0.05, 0.1) is 6.42 Å². The molecule has 2 heterocycles. The fraction of sp³-hybridized carbons (Fsp3) is 0.250. The normalized spacial score (nSPS) is 14.3. The fourth-order valence-electron chi connectivity index (χ4n) is 2.35. The van der Waals surface area contributed by atoms with Crippen LogP contribution in [0.1, 0.15) is 18.9 Å². The van der Waals surface area contributed by atoms with Crippen molar-refractivity contribution < 1.29 is 18.7 Å². The van der Waals surface area contributed by atoms with E-state index in [0.717, 1.165) is 16.0 Å². The average Bonchev–Trinajstić information content (AvgIpc) is 2.83. The van der Waals surface area contributed by atoms with E-state index in [1.807, 2.05) is 6.92 Å². The minimum absolute atomic E-state index is 0.145. The number of imide groups is 1. The van der Waals surface area contributed by atoms with Crippen LogP contribution < -0.4 is 10.4 Å². The van der Waals surface area contributed by atoms with Crippen molar-refractivity contribution in [3.63, 3.8) is 0 Å². The summed E-state index contributed by atoms with van der Waals surface area (Å²) >= 11 is 0. The fourth-order valence-corrected chi connectivity index (χ4v) is 2.35. The molecule has 1 aromatic carbocycles. The third-order valence-corrected chi connectivity index (χ3v) is 3.44. The molecule has 0 bridgehead atoms. The summed E-state index contributed by atoms with van der Waals surface area (Å²) in [5.74, 6) is -0.541. The van der Waals surface area contributed by atoms with Gasteiger partial charge >= 0.3 is 5.63 Å². The molecule has 1 aromatic heterocycles. The van der Waals surface area contributed by atoms with E-state index in [2.05, 4.69) is 5.10 Å². The summed E-state index contributed by atoms with van der Waals surface area (Å²) in [5.41, 5.74) is 1.32. The Morgan fingerprint density at radius 1 is 1.30 bits per heavy atom. The van der Waals surface area contributed by atoms with Crippen LogP contribution in [-0.2, 0) is 9.59 Å². The molecular weight excluding hydrogens is 300 g/mol. The highest BCUT2D eigenvalue weighted by Gasteiger charge is 2.27. The lowest BCUT2D eigenvalue weighted by Gasteiger charge is -2.11. The number of hydrogen-bond donors (Lipinski definition) is 0. The van der Waals surface area contributed by atoms with Crippen LogP contribution in [-0.4, -0.2) is 29.1 Å². The highest BCUT2D eigenvalue weighted by atomic mass is 16.5. The van der Waals surface area contributed by atoms with Crippen molar-refractivity contribution >= 4 is 28.5 Å². The van der Waals surface area contributed by atoms with Crippen LogP contribution >= 0.6 is 0 Å². The first kappa shape index (κ1) is 15.0. The van der Waals surface area contributed by atoms with Crippen molar-refractivity contribution in [2.45, 2.75) is 20.3 Å². The van der Waals surface area contributed by atoms with Crippen LogP contribution in [0.25, 0.3) is 11.0 Å². The van der Waals surface area contributed by atoms with Gasteiger partial charge in [0.25, 0.3) is 11.8 Å². The Bertz CT molecular complexity index is 897. The number of ether oxygens (including phenoxy) is 1. The molecule has 0 saturated carbocycles. The highest BCUT2D eigenvalue weighted by Crippen LogP contribution is 2.22. The molecule has 1 aliphatic rings. The van der Waals surface area contributed by atoms with Gasteiger partial charge in [0.2, 0.25) is 0 Å². The Morgan fingerprint density at radius 3 is 2.78 bits per heavy atom. The largest absolute Gasteiger partial charge is 0.484 e. The van der Waals surface area contributed by atoms with Crippen molar-refractivity contribution in [1.82, 2.24) is 5.01 Å². The number of aryl methyl sites for hydroxylation is 1. The molecule has 0 N–H and O–H groups in total. The molecule has 7 heteroatoms. The topological polar surface area (TPSA) is 89.2 Å². The van der Waals surface area contributed by atoms with Crippen LogP contribution in [0.5, 0.6) is 5.75 Å². The van der Waals surface area contributed by atoms with Crippen LogP contribution in [0.3, 0.4) is 0 Å². The number of hydrazone groups is 1. The minimum Gasteiger partial charge on any atom is -0.484 e. The van der Waals surface area contributed by atoms with Gasteiger partial charge in [-0.15, -0.1) is 0 Å². The van der Waals surface area contributed by atoms with Gasteiger partial charge in [0.15, 0.2) is 6.61 Å². The molecule has 0 unspecified atom stereocenters. The van der Waals surface area contributed by atoms with E-state index in [9.17, 15) is 14.4 Å². The number of rotatable bonds is 3. The van der Waals surface area contributed by atoms with Crippen LogP contribution in [0.4, 0.5) is 0 Å². The van der Waals surface area contributed by atoms with Crippen molar-refractivity contribution in [3.05, 3.63) is 40.2 Å². The van der Waals surface area contributed by atoms with Crippen molar-refractivity contribution in [2.75, 3.05) is 6.61 Å². The van der Waals surface area contributed by atoms with Crippen molar-refractivity contribution in [2.24, 2.45) is 5.10 Å². The molecule has 118 valence electrons. The maximum absolute atomic E-state index is 11.9. The first-order valence-corrected chi connectivity index (χ1v) is 7.01. The zero-order chi connectivity index (χ0) is 16.6. The van der Waals surface area contributed by atoms with Gasteiger partial charge in [-0.3, -0.25) is 9.59 Å². The van der Waals surface area contributed by atoms with E-state index in [-0.39, 0.29) is 18.9 Å². The number of hydrogen-bond acceptors (Lipinski definition) is 6. The van der Waals surface area contributed by atoms with Gasteiger partial charge in [-0.2, -0.15) is 10.1 Å². The number of carbonyl (C=O) groups is 2. The summed E-state index contributed by atoms with van der Waals surface area (Å²) in [7, 11) is 0. The van der Waals surface area contributed by atoms with E-state index in [1.165, 1.54) is 12.1 Å². The zero-order valence-electron chi connectivity index (χ0n) is 12.7. The zero-order valence-corrected chi connectivity index (χ0v) is 12.7. The molecule has 0 atom stereocenters. The average molecular weight is 314 g/mol. The molecule has 0 aliphatic carbocycles. The Labute approximate surface area is 131 Å². The SMILES string of the molecule is CC1=NN(C(=O)COc2ccc3c(C)cc(=O)oc3c2)C(=O)C1. The molecule has 1 aliphatic heterocycles. The van der Waals surface area contributed by atoms with Gasteiger partial charge in [-0.05, 0) is 31.5 Å². The monoisotopic (exact) mass is 314 g/mol. The predicted molar refractivity (Wildman–Crippen MR) is 82.3 cm³/mol. The molecule has 0 spiro atoms. The maximum Gasteiger partial charge on any atom is 0.336 e. The third-order valence-electron chi connectivity index (χ3n) is 3.44. The van der Waals surface area contributed by atoms with Gasteiger partial charge in [-0.1, -0.05) is 0 Å². The Morgan fingerprint density at radius 2 is 2.09 bits per heavy atom. The summed E-state index contributed by atoms with van der Waals surface area (Å²) < 4.78 is 10.5. The number of carbonyl (C=O) groups excluding carboxylic acids is 2. The summed E-state index contributed by atoms with van der Waals surface area (Å²) in [5, 5.41) is 5.48. The predicted octanol–water partition coefficient (Wildman–Crippen LogP) is 1.62. The first-order chi connectivity index (χ1) is 10.9. The third kappa shape index (κ3) is 2.98. The van der Waals surface area contributed by atoms with Gasteiger partial charge < -0.3 is 9.15 Å². The van der Waals surface area contributed by atoms with E-state index in [4.69, 9.17) is 9.15 Å². The molecule has 0 radical (unpaired) electrons. The van der Waals surface area contributed by atoms with E-state index in [0.29, 0.717) is 17.0 Å². The Balaban J connectivity index is 1.76. The molecule has 7 nitrogen and oxygen atoms in total. The number of nitrogens with zero attached hydrogens (tertiary/aromatic N) is 2. The lowest BCUT2D eigenvalue weighted by molar-refractivity contribution is -0.144. The molecule has 3 rings (SSSR count). The maximum atomic E-state index is 11.9. The molecule has 23 heavy (non-hydrogen) atoms. The second kappa shape index (κ2) is 5.68. The smallest absolute Gasteiger partial charge is 0.336 e. The second-order valence-corrected chi connectivity index (χ2v) is 5.31. The summed E-state index contributed by atoms with van der Waals surface area (Å²) in [6.07, 6.45) is 0.145. The molecular formula is C16H14N2O5. The molecule has 0 saturated heterocycles. The summed E-state index contributed by atoms with van der Waals surface area (Å²) in [6, 6.07) is 6.36. The van der Waals surface area contributed by atoms with Crippen LogP contribution in [0.15, 0.2) is 38.6 Å².